The molecule has 0 heterocycles. The quantitative estimate of drug-likeness (QED) is 0.0155. The monoisotopic (exact) mass is 1670 g/mol. The molecule has 12 N–H and O–H groups in total. The van der Waals surface area contributed by atoms with E-state index in [-0.39, 0.29) is 112 Å². The van der Waals surface area contributed by atoms with Crippen molar-refractivity contribution in [3.63, 3.8) is 0 Å². The molecular weight excluding hydrogens is 1540 g/mol. The summed E-state index contributed by atoms with van der Waals surface area (Å²) in [7, 11) is 0. The first kappa shape index (κ1) is 101. The van der Waals surface area contributed by atoms with E-state index in [1.807, 2.05) is 6.92 Å². The molecule has 25 nitrogen and oxygen atoms in total. The van der Waals surface area contributed by atoms with Gasteiger partial charge in [-0.25, -0.2) is 9.59 Å². The molecule has 30 heteroatoms. The molecule has 568 valence electrons. The molecule has 0 spiro atoms. The molecule has 0 saturated heterocycles. The summed E-state index contributed by atoms with van der Waals surface area (Å²) >= 11 is 4.33. The van der Waals surface area contributed by atoms with Crippen LogP contribution >= 0.6 is 45.2 Å². The minimum atomic E-state index is -1.04. The number of carbonyl (C=O) groups excluding carboxylic acids is 6. The van der Waals surface area contributed by atoms with Gasteiger partial charge in [-0.2, -0.15) is 45.2 Å². The van der Waals surface area contributed by atoms with Gasteiger partial charge in [0, 0.05) is 164 Å². The van der Waals surface area contributed by atoms with Crippen LogP contribution in [0.15, 0.2) is 0 Å². The fourth-order valence-corrected chi connectivity index (χ4v) is 11.5. The van der Waals surface area contributed by atoms with E-state index in [9.17, 15) is 44.1 Å². The van der Waals surface area contributed by atoms with Crippen LogP contribution in [0, 0.1) is 42.4 Å². The molecule has 0 aliphatic heterocycles. The van der Waals surface area contributed by atoms with Gasteiger partial charge in [-0.05, 0) is 123 Å². The molecule has 0 bridgehead atoms. The molecule has 0 aromatic carbocycles. The van der Waals surface area contributed by atoms with E-state index < -0.39 is 53.8 Å². The number of alkyl carbamates (subject to hydrolysis) is 2. The van der Waals surface area contributed by atoms with Gasteiger partial charge in [0.1, 0.15) is 39.6 Å². The Balaban J connectivity index is -0.00000443. The van der Waals surface area contributed by atoms with Gasteiger partial charge >= 0.3 is 36.1 Å². The number of thioether (sulfide) groups is 3. The first-order valence-electron chi connectivity index (χ1n) is 34.7. The van der Waals surface area contributed by atoms with Gasteiger partial charge in [0.2, 0.25) is 0 Å². The number of nitrogens with two attached hydrogens (primary N) is 2. The number of carbonyl (C=O) groups is 6. The Morgan fingerprint density at radius 2 is 0.771 bits per heavy atom. The Labute approximate surface area is 619 Å². The summed E-state index contributed by atoms with van der Waals surface area (Å²) in [6.07, 6.45) is 1.07. The molecule has 4 unspecified atom stereocenters. The van der Waals surface area contributed by atoms with E-state index in [1.165, 1.54) is 41.7 Å². The van der Waals surface area contributed by atoms with Crippen molar-refractivity contribution in [3.05, 3.63) is 0 Å². The summed E-state index contributed by atoms with van der Waals surface area (Å²) in [5.41, 5.74) is 9.29. The zero-order valence-electron chi connectivity index (χ0n) is 61.5. The maximum atomic E-state index is 13.0. The van der Waals surface area contributed by atoms with Crippen LogP contribution in [-0.4, -0.2) is 280 Å². The van der Waals surface area contributed by atoms with Crippen molar-refractivity contribution in [1.29, 1.82) is 0 Å². The van der Waals surface area contributed by atoms with Crippen LogP contribution in [0.1, 0.15) is 161 Å². The fourth-order valence-electron chi connectivity index (χ4n) is 8.68. The van der Waals surface area contributed by atoms with E-state index in [0.29, 0.717) is 142 Å². The van der Waals surface area contributed by atoms with Crippen molar-refractivity contribution in [2.45, 2.75) is 209 Å². The number of hydrogen-bond acceptors (Lipinski definition) is 26. The molecule has 4 atom stereocenters. The molecule has 0 saturated carbocycles. The third kappa shape index (κ3) is 63.4. The Morgan fingerprint density at radius 3 is 1.10 bits per heavy atom. The minimum Gasteiger partial charge on any atom is -0.465 e. The first-order valence-corrected chi connectivity index (χ1v) is 38.2. The number of nitrogens with zero attached hydrogens (tertiary/aromatic N) is 3. The van der Waals surface area contributed by atoms with Gasteiger partial charge < -0.3 is 86.7 Å². The van der Waals surface area contributed by atoms with Crippen LogP contribution in [0.2, 0.25) is 0 Å². The van der Waals surface area contributed by atoms with Crippen LogP contribution < -0.4 is 38.1 Å². The predicted molar refractivity (Wildman–Crippen MR) is 395 cm³/mol. The summed E-state index contributed by atoms with van der Waals surface area (Å²) in [4.78, 5) is 83.0. The number of nitrogens with one attached hydrogen (secondary N) is 5. The van der Waals surface area contributed by atoms with Gasteiger partial charge in [0.25, 0.3) is 0 Å². The van der Waals surface area contributed by atoms with E-state index in [2.05, 4.69) is 124 Å². The summed E-state index contributed by atoms with van der Waals surface area (Å²) < 4.78 is 32.9. The van der Waals surface area contributed by atoms with Crippen molar-refractivity contribution in [2.75, 3.05) is 166 Å². The molecule has 0 aromatic heterocycles. The van der Waals surface area contributed by atoms with Crippen molar-refractivity contribution >= 4 is 81.2 Å². The molecule has 0 aromatic rings. The molecule has 96 heavy (non-hydrogen) atoms. The van der Waals surface area contributed by atoms with Gasteiger partial charge in [-0.15, -0.1) is 0 Å². The van der Waals surface area contributed by atoms with Gasteiger partial charge in [0.05, 0.1) is 43.0 Å². The van der Waals surface area contributed by atoms with E-state index in [0.717, 1.165) is 58.8 Å². The standard InChI is InChI=1S/C62H121N7O15S3.C4H13N3.H3P.U/c1-14-62(44-82-57(74)22-38-85-35-19-53(70)41-79-56(73)18-16-30-67(50(8)9)29-15-17-47(2)3,45-83-58(75)23-39-86-36-20-54(71)42-80-60(77)65-27-33-68(51(10)11)31-25-63-48(4)5)46-84-59(76)24-40-87-37-21-55(72)43-81-61(78)66-28-34-69(52(12)13)32-26-64-49(6)7;5-1-3-7-4-2-6;;/h47-55,63-64,70-72H,14-46H2,1-13H3,(H,65,77)(H,66,78);7H,1-6H2;1H3;. The number of amides is 2. The van der Waals surface area contributed by atoms with Crippen molar-refractivity contribution in [1.82, 2.24) is 41.3 Å². The summed E-state index contributed by atoms with van der Waals surface area (Å²) in [6.45, 7) is 37.0. The number of ether oxygens (including phenoxy) is 6. The van der Waals surface area contributed by atoms with Crippen LogP contribution in [-0.2, 0) is 47.6 Å². The number of aliphatic hydroxyl groups excluding tert-OH is 3. The molecule has 2 amide bonds. The molecule has 0 aliphatic rings. The Bertz CT molecular complexity index is 1710. The fraction of sp³-hybridized carbons (Fsp3) is 0.909. The molecule has 0 rings (SSSR count). The number of esters is 4. The number of aliphatic hydroxyl groups is 3. The second-order valence-corrected chi connectivity index (χ2v) is 29.2. The maximum absolute atomic E-state index is 13.0. The van der Waals surface area contributed by atoms with Crippen LogP contribution in [0.4, 0.5) is 9.59 Å². The van der Waals surface area contributed by atoms with E-state index in [1.54, 1.807) is 0 Å². The summed E-state index contributed by atoms with van der Waals surface area (Å²) in [6, 6.07) is 1.81. The maximum Gasteiger partial charge on any atom is 0.407 e. The van der Waals surface area contributed by atoms with Gasteiger partial charge in [-0.1, -0.05) is 48.5 Å². The SMILES string of the molecule is CCC(COC(=O)CCSCCC(O)COC(=O)CCCN(CCCC(C)C)C(C)C)(COC(=O)CCSCCC(O)COC(=O)NCCN(CCNC(C)C)C(C)C)COC(=O)CCSCCC(O)COC(=O)NCCN(CCNC(C)C)C(C)C.NCCNCCN.P.[U]. The van der Waals surface area contributed by atoms with Crippen molar-refractivity contribution in [3.8, 4) is 0 Å². The predicted octanol–water partition coefficient (Wildman–Crippen LogP) is 5.53. The van der Waals surface area contributed by atoms with Crippen LogP contribution in [0.25, 0.3) is 0 Å². The summed E-state index contributed by atoms with van der Waals surface area (Å²) in [5.74, 6) is 1.59. The summed E-state index contributed by atoms with van der Waals surface area (Å²) in [5, 5.41) is 46.7. The van der Waals surface area contributed by atoms with Gasteiger partial charge in [0.15, 0.2) is 0 Å². The number of rotatable bonds is 60. The van der Waals surface area contributed by atoms with Crippen molar-refractivity contribution in [2.24, 2.45) is 22.8 Å². The molecular formula is C66H137N10O15PS3U. The Morgan fingerprint density at radius 1 is 0.438 bits per heavy atom. The minimum absolute atomic E-state index is 0. The second-order valence-electron chi connectivity index (χ2n) is 25.6. The van der Waals surface area contributed by atoms with Crippen LogP contribution in [0.5, 0.6) is 0 Å². The molecule has 0 aliphatic carbocycles. The number of hydrogen-bond donors (Lipinski definition) is 10. The normalized spacial score (nSPS) is 13.1. The Kier molecular flexibility index (Phi) is 70.1. The molecule has 0 fully saturated rings. The third-order valence-corrected chi connectivity index (χ3v) is 17.9. The van der Waals surface area contributed by atoms with Crippen molar-refractivity contribution < 1.29 is 104 Å². The molecule has 0 radical (unpaired) electrons. The van der Waals surface area contributed by atoms with Gasteiger partial charge in [-0.3, -0.25) is 29.0 Å². The zero-order valence-corrected chi connectivity index (χ0v) is 69.6. The topological polar surface area (TPSA) is 340 Å². The third-order valence-electron chi connectivity index (χ3n) is 14.9. The average molecular weight is 1680 g/mol. The smallest absolute Gasteiger partial charge is 0.407 e. The Hall–Kier alpha value is -1.49. The van der Waals surface area contributed by atoms with Crippen LogP contribution in [0.3, 0.4) is 0 Å². The average Bonchev–Trinajstić information content (AvgIpc) is 0.917. The zero-order chi connectivity index (χ0) is 71.0. The first-order chi connectivity index (χ1) is 44.7. The second kappa shape index (κ2) is 66.7. The van der Waals surface area contributed by atoms with E-state index >= 15 is 0 Å². The van der Waals surface area contributed by atoms with E-state index in [4.69, 9.17) is 39.9 Å². The largest absolute Gasteiger partial charge is 0.465 e.